The van der Waals surface area contributed by atoms with Gasteiger partial charge in [0.1, 0.15) is 23.6 Å². The van der Waals surface area contributed by atoms with Crippen LogP contribution in [0.2, 0.25) is 0 Å². The van der Waals surface area contributed by atoms with E-state index in [1.807, 2.05) is 91.1 Å². The maximum absolute atomic E-state index is 10.9. The molecule has 3 heterocycles. The van der Waals surface area contributed by atoms with Gasteiger partial charge in [-0.05, 0) is 136 Å². The van der Waals surface area contributed by atoms with Gasteiger partial charge < -0.3 is 4.74 Å². The largest absolute Gasteiger partial charge is 0.457 e. The molecule has 0 N–H and O–H groups in total. The minimum absolute atomic E-state index is 0.00295. The summed E-state index contributed by atoms with van der Waals surface area (Å²) < 4.78 is 192. The van der Waals surface area contributed by atoms with Gasteiger partial charge in [0, 0.05) is 34.7 Å². The number of nitrogens with zero attached hydrogens (tertiary/aromatic N) is 4. The number of fused-ring (bicyclic) bond motifs is 4. The molecule has 0 radical (unpaired) electrons. The van der Waals surface area contributed by atoms with Crippen LogP contribution in [0.4, 0.5) is 0 Å². The zero-order valence-corrected chi connectivity index (χ0v) is 49.1. The summed E-state index contributed by atoms with van der Waals surface area (Å²) in [5, 5.41) is -1.69. The summed E-state index contributed by atoms with van der Waals surface area (Å²) in [5.41, 5.74) is 7.21. The normalized spacial score (nSPS) is 15.5. The Morgan fingerprint density at radius 2 is 1.07 bits per heavy atom. The van der Waals surface area contributed by atoms with Crippen LogP contribution < -0.4 is 25.5 Å². The zero-order valence-electron chi connectivity index (χ0n) is 67.1. The third-order valence-corrected chi connectivity index (χ3v) is 19.6. The van der Waals surface area contributed by atoms with Crippen molar-refractivity contribution in [2.45, 2.75) is 78.6 Å². The number of ether oxygens (including phenoxy) is 1. The summed E-state index contributed by atoms with van der Waals surface area (Å²) >= 11 is 0. The van der Waals surface area contributed by atoms with Gasteiger partial charge in [-0.1, -0.05) is 244 Å². The van der Waals surface area contributed by atoms with E-state index in [0.717, 1.165) is 55.4 Å². The van der Waals surface area contributed by atoms with Crippen molar-refractivity contribution in [2.75, 3.05) is 0 Å². The Hall–Kier alpha value is -9.36. The molecule has 0 aliphatic carbocycles. The van der Waals surface area contributed by atoms with Crippen LogP contribution in [0.15, 0.2) is 261 Å². The second-order valence-corrected chi connectivity index (χ2v) is 27.6. The van der Waals surface area contributed by atoms with Gasteiger partial charge in [-0.15, -0.1) is 0 Å². The van der Waals surface area contributed by atoms with Crippen LogP contribution in [0.25, 0.3) is 77.7 Å². The number of hydrogen-bond donors (Lipinski definition) is 0. The van der Waals surface area contributed by atoms with Crippen LogP contribution in [0.1, 0.15) is 105 Å². The van der Waals surface area contributed by atoms with E-state index < -0.39 is 155 Å². The van der Waals surface area contributed by atoms with E-state index in [2.05, 4.69) is 97.2 Å². The number of imidazole rings is 1. The lowest BCUT2D eigenvalue weighted by Crippen LogP contribution is -2.74. The number of benzene rings is 10. The van der Waals surface area contributed by atoms with Crippen molar-refractivity contribution in [1.29, 1.82) is 0 Å². The minimum Gasteiger partial charge on any atom is -0.457 e. The number of hydrogen-bond acceptors (Lipinski definition) is 3. The van der Waals surface area contributed by atoms with Crippen molar-refractivity contribution >= 4 is 61.7 Å². The van der Waals surface area contributed by atoms with Gasteiger partial charge in [-0.3, -0.25) is 9.13 Å². The van der Waals surface area contributed by atoms with Gasteiger partial charge in [-0.2, -0.15) is 0 Å². The Labute approximate surface area is 522 Å². The van der Waals surface area contributed by atoms with E-state index in [-0.39, 0.29) is 16.4 Å². The van der Waals surface area contributed by atoms with Crippen molar-refractivity contribution in [2.24, 2.45) is 0 Å². The summed E-state index contributed by atoms with van der Waals surface area (Å²) in [5.74, 6) is 1.65. The van der Waals surface area contributed by atoms with E-state index in [0.29, 0.717) is 39.3 Å². The van der Waals surface area contributed by atoms with E-state index in [9.17, 15) is 21.9 Å². The number of rotatable bonds is 11. The third-order valence-electron chi connectivity index (χ3n) is 15.6. The van der Waals surface area contributed by atoms with Crippen LogP contribution in [-0.2, 0) is 16.2 Å². The lowest BCUT2D eigenvalue weighted by atomic mass is 9.77. The predicted octanol–water partition coefficient (Wildman–Crippen LogP) is 17.6. The first-order valence-electron chi connectivity index (χ1n) is 37.3. The van der Waals surface area contributed by atoms with E-state index >= 15 is 0 Å². The second kappa shape index (κ2) is 21.1. The highest BCUT2D eigenvalue weighted by atomic mass is 28.3. The lowest BCUT2D eigenvalue weighted by Gasteiger charge is -2.34. The van der Waals surface area contributed by atoms with Crippen molar-refractivity contribution in [1.82, 2.24) is 19.1 Å². The molecule has 6 heteroatoms. The minimum atomic E-state index is -6.22. The maximum Gasteiger partial charge on any atom is 0.179 e. The Kier molecular flexibility index (Phi) is 9.12. The molecule has 0 aliphatic rings. The topological polar surface area (TPSA) is 44.9 Å². The van der Waals surface area contributed by atoms with Crippen LogP contribution in [0.5, 0.6) is 11.5 Å². The predicted molar refractivity (Wildman–Crippen MR) is 356 cm³/mol. The molecule has 0 saturated heterocycles. The van der Waals surface area contributed by atoms with E-state index in [4.69, 9.17) is 18.8 Å². The molecule has 10 aromatic carbocycles. The number of para-hydroxylation sites is 1. The van der Waals surface area contributed by atoms with Crippen molar-refractivity contribution in [3.63, 3.8) is 0 Å². The smallest absolute Gasteiger partial charge is 0.179 e. The van der Waals surface area contributed by atoms with E-state index in [1.165, 1.54) is 0 Å². The highest BCUT2D eigenvalue weighted by Crippen LogP contribution is 2.46. The second-order valence-electron chi connectivity index (χ2n) is 24.1. The molecule has 0 atom stereocenters. The molecule has 0 bridgehead atoms. The maximum atomic E-state index is 10.9. The monoisotopic (exact) mass is 1130 g/mol. The number of pyridine rings is 1. The summed E-state index contributed by atoms with van der Waals surface area (Å²) in [7, 11) is -6.22. The standard InChI is InChI=1S/C78H70N4OSi/c1-76(2,3)56-27-21-26-54(45-56)65-38-24-39-69(78(7,8)9)74(65)68-47-55(53-25-22-36-64(46-53)84(61-30-13-10-14-31-61,62-32-15-11-16-33-62)63-34-17-12-18-35-63)48-72-75(68)80-52-81(72)58-28-23-29-59(50-58)83-60-41-42-67-66-37-19-20-40-70(66)82(71(67)51-60)73-49-57(43-44-79-73)77(4,5)6/h10-52H,1-9H3/i10D,11D,12D,13D,14D,15D,16D,17D,18D,22D,25D,30D,31D,32D,33D,34D,35D,36D,46D. The van der Waals surface area contributed by atoms with Gasteiger partial charge in [0.05, 0.1) is 53.8 Å². The molecule has 0 unspecified atom stereocenters. The first-order chi connectivity index (χ1) is 48.4. The highest BCUT2D eigenvalue weighted by Gasteiger charge is 2.41. The molecule has 0 spiro atoms. The quantitative estimate of drug-likeness (QED) is 0.0958. The summed E-state index contributed by atoms with van der Waals surface area (Å²) in [6.45, 7) is 19.0. The summed E-state index contributed by atoms with van der Waals surface area (Å²) in [6, 6.07) is 23.3. The summed E-state index contributed by atoms with van der Waals surface area (Å²) in [6.07, 6.45) is 3.44. The molecule has 5 nitrogen and oxygen atoms in total. The first kappa shape index (κ1) is 36.3. The van der Waals surface area contributed by atoms with Gasteiger partial charge in [0.25, 0.3) is 0 Å². The van der Waals surface area contributed by atoms with Gasteiger partial charge in [-0.25, -0.2) is 9.97 Å². The van der Waals surface area contributed by atoms with Crippen molar-refractivity contribution in [3.8, 4) is 56.4 Å². The molecule has 412 valence electrons. The molecular formula is C78H70N4OSi. The lowest BCUT2D eigenvalue weighted by molar-refractivity contribution is 0.483. The fourth-order valence-corrected chi connectivity index (χ4v) is 14.9. The zero-order chi connectivity index (χ0) is 74.5. The van der Waals surface area contributed by atoms with Crippen molar-refractivity contribution < 1.29 is 30.8 Å². The van der Waals surface area contributed by atoms with Crippen molar-refractivity contribution in [3.05, 3.63) is 277 Å². The van der Waals surface area contributed by atoms with Crippen LogP contribution in [-0.4, -0.2) is 27.2 Å². The van der Waals surface area contributed by atoms with E-state index in [1.54, 1.807) is 29.1 Å². The Bertz CT molecular complexity index is 5510. The molecular weight excluding hydrogens is 1040 g/mol. The molecule has 13 rings (SSSR count). The average Bonchev–Trinajstić information content (AvgIpc) is 1.16. The Morgan fingerprint density at radius 3 is 1.76 bits per heavy atom. The SMILES string of the molecule is [2H]c1c([2H])c([2H])c([Si](c2c([2H])c([2H])c([2H])c([2H])c2[2H])(c2c([2H])c([2H])c([2H])c([2H])c2[2H])c2c([2H])c([2H])c([2H])c(-c3cc(-c4c(-c5cccc(C(C)(C)C)c5)cccc4C(C)(C)C)c4ncn(-c5cccc(Oc6ccc7c8ccccc8n(-c8cc(C(C)(C)C)ccn8)c7c6)c5)c4c3)c2[2H])c([2H])c1[2H]. The molecule has 0 saturated carbocycles. The fourth-order valence-electron chi connectivity index (χ4n) is 11.4. The first-order valence-corrected chi connectivity index (χ1v) is 29.8. The number of aromatic nitrogens is 4. The molecule has 13 aromatic rings. The third kappa shape index (κ3) is 9.74. The Morgan fingerprint density at radius 1 is 0.440 bits per heavy atom. The molecule has 84 heavy (non-hydrogen) atoms. The average molecular weight is 1130 g/mol. The molecule has 0 fully saturated rings. The van der Waals surface area contributed by atoms with Crippen LogP contribution in [0.3, 0.4) is 0 Å². The van der Waals surface area contributed by atoms with Crippen LogP contribution >= 0.6 is 0 Å². The van der Waals surface area contributed by atoms with Gasteiger partial charge in [0.15, 0.2) is 8.07 Å². The highest BCUT2D eigenvalue weighted by molar-refractivity contribution is 7.19. The molecule has 3 aromatic heterocycles. The van der Waals surface area contributed by atoms with Gasteiger partial charge in [0.2, 0.25) is 0 Å². The van der Waals surface area contributed by atoms with Crippen LogP contribution in [0, 0.1) is 0 Å². The fraction of sp³-hybridized carbons (Fsp3) is 0.154. The Balaban J connectivity index is 1.14. The summed E-state index contributed by atoms with van der Waals surface area (Å²) in [4.78, 5) is 10.1. The van der Waals surface area contributed by atoms with Gasteiger partial charge >= 0.3 is 0 Å². The molecule has 0 amide bonds. The molecule has 0 aliphatic heterocycles.